The van der Waals surface area contributed by atoms with Gasteiger partial charge >= 0.3 is 0 Å². The normalized spacial score (nSPS) is 10.9. The number of carbonyl (C=O) groups excluding carboxylic acids is 1. The quantitative estimate of drug-likeness (QED) is 0.249. The van der Waals surface area contributed by atoms with Gasteiger partial charge in [0.05, 0.1) is 7.11 Å². The van der Waals surface area contributed by atoms with Crippen molar-refractivity contribution in [3.8, 4) is 16.9 Å². The largest absolute Gasteiger partial charge is 0.497 e. The van der Waals surface area contributed by atoms with Gasteiger partial charge in [-0.05, 0) is 52.4 Å². The molecule has 0 radical (unpaired) electrons. The highest BCUT2D eigenvalue weighted by molar-refractivity contribution is 6.06. The molecular weight excluding hydrogens is 380 g/mol. The van der Waals surface area contributed by atoms with E-state index in [0.29, 0.717) is 5.56 Å². The molecule has 0 N–H and O–H groups in total. The molecule has 4 aromatic carbocycles. The highest BCUT2D eigenvalue weighted by Crippen LogP contribution is 2.23. The molecule has 4 aromatic rings. The maximum Gasteiger partial charge on any atom is 0.185 e. The monoisotopic (exact) mass is 404 g/mol. The van der Waals surface area contributed by atoms with Crippen LogP contribution >= 0.6 is 0 Å². The number of carbonyl (C=O) groups is 1. The molecule has 0 aliphatic rings. The summed E-state index contributed by atoms with van der Waals surface area (Å²) in [7, 11) is 1.68. The van der Waals surface area contributed by atoms with Gasteiger partial charge in [0.25, 0.3) is 0 Å². The Morgan fingerprint density at radius 2 is 1.26 bits per heavy atom. The lowest BCUT2D eigenvalue weighted by atomic mass is 9.99. The van der Waals surface area contributed by atoms with E-state index in [4.69, 9.17) is 4.74 Å². The van der Waals surface area contributed by atoms with Crippen molar-refractivity contribution in [2.45, 2.75) is 6.42 Å². The van der Waals surface area contributed by atoms with E-state index >= 15 is 0 Å². The molecule has 0 bridgehead atoms. The first-order chi connectivity index (χ1) is 15.2. The number of hydrogen-bond acceptors (Lipinski definition) is 2. The van der Waals surface area contributed by atoms with Crippen molar-refractivity contribution in [3.05, 3.63) is 131 Å². The van der Waals surface area contributed by atoms with E-state index in [1.165, 1.54) is 22.3 Å². The molecule has 0 saturated heterocycles. The number of allylic oxidation sites excluding steroid dienone is 1. The third kappa shape index (κ3) is 5.37. The van der Waals surface area contributed by atoms with Crippen LogP contribution in [0.15, 0.2) is 109 Å². The number of methoxy groups -OCH3 is 1. The molecule has 0 aliphatic heterocycles. The summed E-state index contributed by atoms with van der Waals surface area (Å²) in [6, 6.07) is 34.4. The van der Waals surface area contributed by atoms with E-state index in [1.54, 1.807) is 13.2 Å². The molecule has 152 valence electrons. The first-order valence-corrected chi connectivity index (χ1v) is 10.3. The second-order valence-electron chi connectivity index (χ2n) is 7.41. The maximum atomic E-state index is 12.2. The average Bonchev–Trinajstić information content (AvgIpc) is 2.84. The summed E-state index contributed by atoms with van der Waals surface area (Å²) >= 11 is 0. The third-order valence-electron chi connectivity index (χ3n) is 5.25. The van der Waals surface area contributed by atoms with Crippen LogP contribution in [0, 0.1) is 0 Å². The summed E-state index contributed by atoms with van der Waals surface area (Å²) in [5, 5.41) is 0. The van der Waals surface area contributed by atoms with Gasteiger partial charge in [-0.1, -0.05) is 97.1 Å². The van der Waals surface area contributed by atoms with Crippen molar-refractivity contribution < 1.29 is 9.53 Å². The second kappa shape index (κ2) is 9.73. The van der Waals surface area contributed by atoms with Gasteiger partial charge < -0.3 is 4.74 Å². The summed E-state index contributed by atoms with van der Waals surface area (Å²) < 4.78 is 5.23. The standard InChI is InChI=1S/C29H24O2/c1-31-28-18-16-26(17-19-28)25-14-11-24(12-15-25)21-23-9-7-22(8-10-23)13-20-29(30)27-5-3-2-4-6-27/h2-20H,21H2,1H3/b20-13+. The van der Waals surface area contributed by atoms with Crippen molar-refractivity contribution in [2.75, 3.05) is 7.11 Å². The second-order valence-corrected chi connectivity index (χ2v) is 7.41. The van der Waals surface area contributed by atoms with E-state index in [-0.39, 0.29) is 5.78 Å². The minimum atomic E-state index is 0.0154. The molecule has 0 heterocycles. The minimum absolute atomic E-state index is 0.0154. The Morgan fingerprint density at radius 1 is 0.710 bits per heavy atom. The van der Waals surface area contributed by atoms with Gasteiger partial charge in [-0.25, -0.2) is 0 Å². The molecule has 0 unspecified atom stereocenters. The highest BCUT2D eigenvalue weighted by atomic mass is 16.5. The van der Waals surface area contributed by atoms with Crippen LogP contribution in [0.3, 0.4) is 0 Å². The molecule has 0 saturated carbocycles. The number of ether oxygens (including phenoxy) is 1. The topological polar surface area (TPSA) is 26.3 Å². The van der Waals surface area contributed by atoms with E-state index < -0.39 is 0 Å². The summed E-state index contributed by atoms with van der Waals surface area (Å²) in [5.41, 5.74) is 6.59. The summed E-state index contributed by atoms with van der Waals surface area (Å²) in [4.78, 5) is 12.2. The lowest BCUT2D eigenvalue weighted by molar-refractivity contribution is 0.104. The fourth-order valence-corrected chi connectivity index (χ4v) is 3.45. The van der Waals surface area contributed by atoms with Crippen LogP contribution in [0.25, 0.3) is 17.2 Å². The third-order valence-corrected chi connectivity index (χ3v) is 5.25. The molecular formula is C29H24O2. The number of benzene rings is 4. The lowest BCUT2D eigenvalue weighted by Gasteiger charge is -2.06. The van der Waals surface area contributed by atoms with Crippen LogP contribution in [-0.4, -0.2) is 12.9 Å². The molecule has 4 rings (SSSR count). The Labute approximate surface area is 183 Å². The first-order valence-electron chi connectivity index (χ1n) is 10.3. The number of rotatable bonds is 7. The predicted molar refractivity (Wildman–Crippen MR) is 127 cm³/mol. The van der Waals surface area contributed by atoms with Crippen molar-refractivity contribution >= 4 is 11.9 Å². The molecule has 0 spiro atoms. The van der Waals surface area contributed by atoms with Crippen LogP contribution < -0.4 is 4.74 Å². The fraction of sp³-hybridized carbons (Fsp3) is 0.0690. The van der Waals surface area contributed by atoms with E-state index in [2.05, 4.69) is 60.7 Å². The zero-order valence-electron chi connectivity index (χ0n) is 17.5. The molecule has 0 amide bonds. The first kappa shape index (κ1) is 20.4. The van der Waals surface area contributed by atoms with Crippen LogP contribution in [0.2, 0.25) is 0 Å². The fourth-order valence-electron chi connectivity index (χ4n) is 3.45. The minimum Gasteiger partial charge on any atom is -0.497 e. The predicted octanol–water partition coefficient (Wildman–Crippen LogP) is 6.85. The Morgan fingerprint density at radius 3 is 1.84 bits per heavy atom. The average molecular weight is 405 g/mol. The van der Waals surface area contributed by atoms with Crippen molar-refractivity contribution in [1.82, 2.24) is 0 Å². The number of hydrogen-bond donors (Lipinski definition) is 0. The molecule has 31 heavy (non-hydrogen) atoms. The Kier molecular flexibility index (Phi) is 6.39. The molecule has 0 aliphatic carbocycles. The molecule has 0 aromatic heterocycles. The van der Waals surface area contributed by atoms with Crippen LogP contribution in [0.1, 0.15) is 27.0 Å². The molecule has 2 heteroatoms. The number of ketones is 1. The molecule has 2 nitrogen and oxygen atoms in total. The van der Waals surface area contributed by atoms with Gasteiger partial charge in [-0.3, -0.25) is 4.79 Å². The van der Waals surface area contributed by atoms with Gasteiger partial charge in [0.2, 0.25) is 0 Å². The SMILES string of the molecule is COc1ccc(-c2ccc(Cc3ccc(/C=C/C(=O)c4ccccc4)cc3)cc2)cc1. The summed E-state index contributed by atoms with van der Waals surface area (Å²) in [6.45, 7) is 0. The highest BCUT2D eigenvalue weighted by Gasteiger charge is 2.02. The van der Waals surface area contributed by atoms with E-state index in [1.807, 2.05) is 48.5 Å². The smallest absolute Gasteiger partial charge is 0.185 e. The van der Waals surface area contributed by atoms with Crippen LogP contribution in [-0.2, 0) is 6.42 Å². The van der Waals surface area contributed by atoms with E-state index in [0.717, 1.165) is 17.7 Å². The van der Waals surface area contributed by atoms with Gasteiger partial charge in [-0.2, -0.15) is 0 Å². The van der Waals surface area contributed by atoms with Crippen molar-refractivity contribution in [1.29, 1.82) is 0 Å². The van der Waals surface area contributed by atoms with Gasteiger partial charge in [-0.15, -0.1) is 0 Å². The van der Waals surface area contributed by atoms with Crippen molar-refractivity contribution in [2.24, 2.45) is 0 Å². The van der Waals surface area contributed by atoms with Crippen LogP contribution in [0.4, 0.5) is 0 Å². The lowest BCUT2D eigenvalue weighted by Crippen LogP contribution is -1.93. The zero-order chi connectivity index (χ0) is 21.5. The maximum absolute atomic E-state index is 12.2. The summed E-state index contributed by atoms with van der Waals surface area (Å²) in [6.07, 6.45) is 4.36. The van der Waals surface area contributed by atoms with E-state index in [9.17, 15) is 4.79 Å². The Hall–Kier alpha value is -3.91. The van der Waals surface area contributed by atoms with Gasteiger partial charge in [0.1, 0.15) is 5.75 Å². The zero-order valence-corrected chi connectivity index (χ0v) is 17.5. The van der Waals surface area contributed by atoms with Gasteiger partial charge in [0.15, 0.2) is 5.78 Å². The van der Waals surface area contributed by atoms with Gasteiger partial charge in [0, 0.05) is 5.56 Å². The Balaban J connectivity index is 1.38. The summed E-state index contributed by atoms with van der Waals surface area (Å²) in [5.74, 6) is 0.879. The molecule has 0 fully saturated rings. The molecule has 0 atom stereocenters. The Bertz CT molecular complexity index is 1150. The van der Waals surface area contributed by atoms with Crippen molar-refractivity contribution in [3.63, 3.8) is 0 Å². The van der Waals surface area contributed by atoms with Crippen LogP contribution in [0.5, 0.6) is 5.75 Å².